The van der Waals surface area contributed by atoms with Gasteiger partial charge in [0, 0.05) is 12.3 Å². The summed E-state index contributed by atoms with van der Waals surface area (Å²) in [5, 5.41) is 8.77. The molecule has 86 valence electrons. The molecule has 3 heterocycles. The van der Waals surface area contributed by atoms with Crippen molar-refractivity contribution < 1.29 is 22.4 Å². The Morgan fingerprint density at radius 1 is 1.53 bits per heavy atom. The van der Waals surface area contributed by atoms with E-state index in [1.165, 1.54) is 0 Å². The van der Waals surface area contributed by atoms with Crippen LogP contribution in [0.1, 0.15) is 20.3 Å². The van der Waals surface area contributed by atoms with Crippen molar-refractivity contribution in [1.82, 2.24) is 0 Å². The van der Waals surface area contributed by atoms with E-state index in [1.807, 2.05) is 6.92 Å². The Morgan fingerprint density at radius 2 is 2.20 bits per heavy atom. The van der Waals surface area contributed by atoms with Crippen LogP contribution in [0.5, 0.6) is 0 Å². The summed E-state index contributed by atoms with van der Waals surface area (Å²) in [5.41, 5.74) is -1.48. The molecule has 5 atom stereocenters. The Bertz CT molecular complexity index is 418. The fraction of sp³-hybridized carbons (Fsp3) is 1.00. The van der Waals surface area contributed by atoms with Gasteiger partial charge in [-0.05, 0) is 6.92 Å². The molecule has 15 heavy (non-hydrogen) atoms. The molecule has 2 bridgehead atoms. The number of fused-ring (bicyclic) bond motifs is 1. The maximum Gasteiger partial charge on any atom is 0.273 e. The second-order valence-electron chi connectivity index (χ2n) is 5.00. The van der Waals surface area contributed by atoms with Crippen molar-refractivity contribution in [3.63, 3.8) is 0 Å². The molecule has 0 aromatic heterocycles. The number of hydrogen-bond donors (Lipinski definition) is 1. The topological polar surface area (TPSA) is 72.8 Å². The van der Waals surface area contributed by atoms with Crippen molar-refractivity contribution in [2.24, 2.45) is 5.92 Å². The molecular formula is C9H14O5S. The van der Waals surface area contributed by atoms with Crippen LogP contribution in [0.25, 0.3) is 0 Å². The van der Waals surface area contributed by atoms with Gasteiger partial charge < -0.3 is 9.84 Å². The molecule has 0 amide bonds. The average molecular weight is 234 g/mol. The smallest absolute Gasteiger partial charge is 0.273 e. The van der Waals surface area contributed by atoms with Crippen LogP contribution >= 0.6 is 0 Å². The minimum Gasteiger partial charge on any atom is -0.393 e. The summed E-state index contributed by atoms with van der Waals surface area (Å²) in [7, 11) is -3.51. The Hall–Kier alpha value is -0.170. The quantitative estimate of drug-likeness (QED) is 0.627. The summed E-state index contributed by atoms with van der Waals surface area (Å²) in [6.07, 6.45) is -0.0894. The van der Waals surface area contributed by atoms with Gasteiger partial charge in [-0.15, -0.1) is 0 Å². The normalized spacial score (nSPS) is 60.1. The van der Waals surface area contributed by atoms with E-state index in [9.17, 15) is 13.5 Å². The second-order valence-corrected chi connectivity index (χ2v) is 6.75. The van der Waals surface area contributed by atoms with Crippen LogP contribution in [-0.2, 0) is 19.0 Å². The molecule has 5 unspecified atom stereocenters. The summed E-state index contributed by atoms with van der Waals surface area (Å²) < 4.78 is 34.3. The monoisotopic (exact) mass is 234 g/mol. The highest BCUT2D eigenvalue weighted by atomic mass is 32.2. The maximum atomic E-state index is 11.7. The molecule has 6 heteroatoms. The van der Waals surface area contributed by atoms with E-state index in [4.69, 9.17) is 8.92 Å². The lowest BCUT2D eigenvalue weighted by Crippen LogP contribution is -2.46. The molecule has 0 radical (unpaired) electrons. The third kappa shape index (κ3) is 0.883. The first-order valence-corrected chi connectivity index (χ1v) is 6.56. The molecule has 0 aromatic rings. The summed E-state index contributed by atoms with van der Waals surface area (Å²) in [6.45, 7) is 3.51. The largest absolute Gasteiger partial charge is 0.393 e. The predicted molar refractivity (Wildman–Crippen MR) is 50.7 cm³/mol. The van der Waals surface area contributed by atoms with Gasteiger partial charge in [-0.25, -0.2) is 0 Å². The van der Waals surface area contributed by atoms with Crippen LogP contribution in [0.3, 0.4) is 0 Å². The SMILES string of the molecule is CC1C2OS(=O)(=O)C3CC1(CO)OC23C. The van der Waals surface area contributed by atoms with E-state index >= 15 is 0 Å². The lowest BCUT2D eigenvalue weighted by atomic mass is 9.73. The van der Waals surface area contributed by atoms with E-state index < -0.39 is 32.7 Å². The van der Waals surface area contributed by atoms with Gasteiger partial charge in [0.15, 0.2) is 0 Å². The van der Waals surface area contributed by atoms with Gasteiger partial charge in [-0.2, -0.15) is 8.42 Å². The number of rotatable bonds is 1. The fourth-order valence-electron chi connectivity index (χ4n) is 3.37. The Labute approximate surface area is 88.5 Å². The van der Waals surface area contributed by atoms with Crippen LogP contribution in [0, 0.1) is 5.92 Å². The van der Waals surface area contributed by atoms with Crippen molar-refractivity contribution in [3.05, 3.63) is 0 Å². The number of ether oxygens (including phenoxy) is 1. The van der Waals surface area contributed by atoms with E-state index in [1.54, 1.807) is 6.92 Å². The van der Waals surface area contributed by atoms with Crippen molar-refractivity contribution in [2.45, 2.75) is 42.8 Å². The predicted octanol–water partition coefficient (Wildman–Crippen LogP) is -0.357. The van der Waals surface area contributed by atoms with E-state index in [-0.39, 0.29) is 12.5 Å². The van der Waals surface area contributed by atoms with Crippen LogP contribution in [0.15, 0.2) is 0 Å². The van der Waals surface area contributed by atoms with Crippen LogP contribution in [0.4, 0.5) is 0 Å². The molecule has 3 rings (SSSR count). The van der Waals surface area contributed by atoms with Gasteiger partial charge in [0.1, 0.15) is 17.0 Å². The first kappa shape index (κ1) is 10.0. The zero-order chi connectivity index (χ0) is 11.1. The highest BCUT2D eigenvalue weighted by Crippen LogP contribution is 2.61. The number of aliphatic hydroxyl groups is 1. The molecular weight excluding hydrogens is 220 g/mol. The lowest BCUT2D eigenvalue weighted by Gasteiger charge is -2.29. The molecule has 3 fully saturated rings. The molecule has 3 aliphatic heterocycles. The fourth-order valence-corrected chi connectivity index (χ4v) is 5.40. The van der Waals surface area contributed by atoms with Crippen LogP contribution < -0.4 is 0 Å². The second kappa shape index (κ2) is 2.40. The minimum atomic E-state index is -3.51. The Morgan fingerprint density at radius 3 is 2.67 bits per heavy atom. The molecule has 0 saturated carbocycles. The Balaban J connectivity index is 2.17. The first-order chi connectivity index (χ1) is 6.86. The van der Waals surface area contributed by atoms with Gasteiger partial charge in [0.25, 0.3) is 10.1 Å². The third-order valence-corrected chi connectivity index (χ3v) is 6.10. The van der Waals surface area contributed by atoms with Crippen molar-refractivity contribution in [1.29, 1.82) is 0 Å². The van der Waals surface area contributed by atoms with E-state index in [0.717, 1.165) is 0 Å². The lowest BCUT2D eigenvalue weighted by molar-refractivity contribution is -0.0789. The van der Waals surface area contributed by atoms with Gasteiger partial charge in [-0.1, -0.05) is 6.92 Å². The molecule has 0 aromatic carbocycles. The summed E-state index contributed by atoms with van der Waals surface area (Å²) in [6, 6.07) is 0. The summed E-state index contributed by atoms with van der Waals surface area (Å²) in [4.78, 5) is 0. The maximum absolute atomic E-state index is 11.7. The minimum absolute atomic E-state index is 0.0824. The zero-order valence-corrected chi connectivity index (χ0v) is 9.45. The van der Waals surface area contributed by atoms with Gasteiger partial charge in [-0.3, -0.25) is 4.18 Å². The van der Waals surface area contributed by atoms with Gasteiger partial charge in [0.05, 0.1) is 12.2 Å². The number of aliphatic hydroxyl groups excluding tert-OH is 1. The van der Waals surface area contributed by atoms with Crippen LogP contribution in [-0.4, -0.2) is 42.7 Å². The molecule has 1 N–H and O–H groups in total. The third-order valence-electron chi connectivity index (χ3n) is 4.30. The standard InChI is InChI=1S/C9H14O5S/c1-5-7-8(2)6(15(11,12)13-7)3-9(5,4-10)14-8/h5-7,10H,3-4H2,1-2H3. The van der Waals surface area contributed by atoms with Gasteiger partial charge >= 0.3 is 0 Å². The van der Waals surface area contributed by atoms with E-state index in [0.29, 0.717) is 6.42 Å². The molecule has 5 nitrogen and oxygen atoms in total. The molecule has 0 aliphatic carbocycles. The van der Waals surface area contributed by atoms with E-state index in [2.05, 4.69) is 0 Å². The molecule has 0 spiro atoms. The van der Waals surface area contributed by atoms with Gasteiger partial charge in [0.2, 0.25) is 0 Å². The summed E-state index contributed by atoms with van der Waals surface area (Å²) >= 11 is 0. The molecule has 3 aliphatic rings. The average Bonchev–Trinajstić information content (AvgIpc) is 2.61. The number of hydrogen-bond acceptors (Lipinski definition) is 5. The highest BCUT2D eigenvalue weighted by Gasteiger charge is 2.76. The van der Waals surface area contributed by atoms with Crippen molar-refractivity contribution in [3.8, 4) is 0 Å². The zero-order valence-electron chi connectivity index (χ0n) is 8.63. The van der Waals surface area contributed by atoms with Crippen molar-refractivity contribution >= 4 is 10.1 Å². The van der Waals surface area contributed by atoms with Crippen LogP contribution in [0.2, 0.25) is 0 Å². The Kier molecular flexibility index (Phi) is 1.60. The molecule has 3 saturated heterocycles. The first-order valence-electron chi connectivity index (χ1n) is 5.09. The highest BCUT2D eigenvalue weighted by molar-refractivity contribution is 7.87. The van der Waals surface area contributed by atoms with Crippen molar-refractivity contribution in [2.75, 3.05) is 6.61 Å². The summed E-state index contributed by atoms with van der Waals surface area (Å²) in [5.74, 6) is -0.0824.